The fraction of sp³-hybridized carbons (Fsp3) is 0.786. The number of rotatable bonds is 3. The second-order valence-electron chi connectivity index (χ2n) is 5.91. The molecule has 0 spiro atoms. The number of nitrogens with zero attached hydrogens (tertiary/aromatic N) is 2. The lowest BCUT2D eigenvalue weighted by Gasteiger charge is -2.31. The molecule has 0 aromatic carbocycles. The van der Waals surface area contributed by atoms with Crippen molar-refractivity contribution in [1.82, 2.24) is 9.78 Å². The van der Waals surface area contributed by atoms with Crippen LogP contribution in [0.1, 0.15) is 53.0 Å². The van der Waals surface area contributed by atoms with Gasteiger partial charge in [-0.25, -0.2) is 0 Å². The lowest BCUT2D eigenvalue weighted by Crippen LogP contribution is -2.28. The van der Waals surface area contributed by atoms with Crippen molar-refractivity contribution >= 4 is 0 Å². The first-order chi connectivity index (χ1) is 8.04. The molecule has 3 nitrogen and oxygen atoms in total. The summed E-state index contributed by atoms with van der Waals surface area (Å²) in [7, 11) is 0. The number of aromatic nitrogens is 2. The zero-order valence-corrected chi connectivity index (χ0v) is 11.4. The van der Waals surface area contributed by atoms with E-state index in [1.807, 2.05) is 17.1 Å². The van der Waals surface area contributed by atoms with Gasteiger partial charge in [0.2, 0.25) is 0 Å². The molecule has 0 N–H and O–H groups in total. The molecule has 1 aliphatic rings. The van der Waals surface area contributed by atoms with E-state index in [1.54, 1.807) is 0 Å². The van der Waals surface area contributed by atoms with Gasteiger partial charge in [-0.15, -0.1) is 0 Å². The molecular formula is C14H24N2O. The molecule has 1 aliphatic carbocycles. The van der Waals surface area contributed by atoms with Crippen LogP contribution in [0.25, 0.3) is 0 Å². The maximum absolute atomic E-state index is 6.04. The van der Waals surface area contributed by atoms with Crippen molar-refractivity contribution < 1.29 is 4.74 Å². The van der Waals surface area contributed by atoms with E-state index in [1.165, 1.54) is 19.3 Å². The van der Waals surface area contributed by atoms with E-state index in [9.17, 15) is 0 Å². The number of ether oxygens (including phenoxy) is 1. The van der Waals surface area contributed by atoms with Gasteiger partial charge in [-0.05, 0) is 44.9 Å². The Kier molecular flexibility index (Phi) is 3.75. The molecular weight excluding hydrogens is 212 g/mol. The number of hydrogen-bond donors (Lipinski definition) is 0. The Balaban J connectivity index is 1.95. The SMILES string of the molecule is CC1CC(C)CC(Oc2cnn(C(C)C)c2)C1. The minimum absolute atomic E-state index is 0.374. The summed E-state index contributed by atoms with van der Waals surface area (Å²) in [6.07, 6.45) is 7.91. The highest BCUT2D eigenvalue weighted by molar-refractivity contribution is 5.12. The molecule has 2 unspecified atom stereocenters. The van der Waals surface area contributed by atoms with Crippen molar-refractivity contribution in [3.8, 4) is 5.75 Å². The third kappa shape index (κ3) is 3.24. The molecule has 0 aliphatic heterocycles. The molecule has 0 saturated heterocycles. The monoisotopic (exact) mass is 236 g/mol. The Morgan fingerprint density at radius 3 is 2.41 bits per heavy atom. The Morgan fingerprint density at radius 2 is 1.88 bits per heavy atom. The van der Waals surface area contributed by atoms with Crippen LogP contribution >= 0.6 is 0 Å². The van der Waals surface area contributed by atoms with E-state index in [0.717, 1.165) is 17.6 Å². The maximum Gasteiger partial charge on any atom is 0.157 e. The summed E-state index contributed by atoms with van der Waals surface area (Å²) in [6, 6.07) is 0.400. The Morgan fingerprint density at radius 1 is 1.24 bits per heavy atom. The Labute approximate surface area is 104 Å². The van der Waals surface area contributed by atoms with Gasteiger partial charge in [-0.1, -0.05) is 13.8 Å². The summed E-state index contributed by atoms with van der Waals surface area (Å²) in [5, 5.41) is 4.31. The summed E-state index contributed by atoms with van der Waals surface area (Å²) < 4.78 is 7.99. The minimum Gasteiger partial charge on any atom is -0.487 e. The lowest BCUT2D eigenvalue weighted by atomic mass is 9.82. The minimum atomic E-state index is 0.374. The van der Waals surface area contributed by atoms with Crippen LogP contribution in [-0.2, 0) is 0 Å². The maximum atomic E-state index is 6.04. The summed E-state index contributed by atoms with van der Waals surface area (Å²) >= 11 is 0. The van der Waals surface area contributed by atoms with Crippen molar-refractivity contribution in [3.63, 3.8) is 0 Å². The van der Waals surface area contributed by atoms with Gasteiger partial charge in [-0.3, -0.25) is 4.68 Å². The molecule has 0 amide bonds. The van der Waals surface area contributed by atoms with Crippen LogP contribution in [0.3, 0.4) is 0 Å². The first-order valence-corrected chi connectivity index (χ1v) is 6.75. The highest BCUT2D eigenvalue weighted by atomic mass is 16.5. The van der Waals surface area contributed by atoms with Gasteiger partial charge in [0, 0.05) is 6.04 Å². The molecule has 17 heavy (non-hydrogen) atoms. The Hall–Kier alpha value is -0.990. The fourth-order valence-corrected chi connectivity index (χ4v) is 2.83. The molecule has 1 fully saturated rings. The first kappa shape index (κ1) is 12.5. The third-order valence-electron chi connectivity index (χ3n) is 3.54. The van der Waals surface area contributed by atoms with E-state index in [4.69, 9.17) is 4.74 Å². The summed E-state index contributed by atoms with van der Waals surface area (Å²) in [5.74, 6) is 2.48. The quantitative estimate of drug-likeness (QED) is 0.800. The molecule has 0 bridgehead atoms. The van der Waals surface area contributed by atoms with E-state index in [2.05, 4.69) is 32.8 Å². The van der Waals surface area contributed by atoms with Crippen LogP contribution < -0.4 is 4.74 Å². The van der Waals surface area contributed by atoms with Crippen molar-refractivity contribution in [2.75, 3.05) is 0 Å². The van der Waals surface area contributed by atoms with E-state index >= 15 is 0 Å². The van der Waals surface area contributed by atoms with Crippen LogP contribution in [-0.4, -0.2) is 15.9 Å². The Bertz CT molecular complexity index is 349. The van der Waals surface area contributed by atoms with Crippen molar-refractivity contribution in [1.29, 1.82) is 0 Å². The zero-order valence-electron chi connectivity index (χ0n) is 11.4. The molecule has 1 aromatic heterocycles. The average Bonchev–Trinajstić information content (AvgIpc) is 2.64. The zero-order chi connectivity index (χ0) is 12.4. The van der Waals surface area contributed by atoms with E-state index in [0.29, 0.717) is 12.1 Å². The van der Waals surface area contributed by atoms with Gasteiger partial charge >= 0.3 is 0 Å². The summed E-state index contributed by atoms with van der Waals surface area (Å²) in [5.41, 5.74) is 0. The summed E-state index contributed by atoms with van der Waals surface area (Å²) in [6.45, 7) is 8.90. The van der Waals surface area contributed by atoms with Crippen LogP contribution in [0.5, 0.6) is 5.75 Å². The van der Waals surface area contributed by atoms with E-state index in [-0.39, 0.29) is 0 Å². The number of hydrogen-bond acceptors (Lipinski definition) is 2. The van der Waals surface area contributed by atoms with Gasteiger partial charge in [0.05, 0.1) is 18.5 Å². The average molecular weight is 236 g/mol. The normalized spacial score (nSPS) is 29.6. The van der Waals surface area contributed by atoms with Gasteiger partial charge in [-0.2, -0.15) is 5.10 Å². The summed E-state index contributed by atoms with van der Waals surface area (Å²) in [4.78, 5) is 0. The third-order valence-corrected chi connectivity index (χ3v) is 3.54. The van der Waals surface area contributed by atoms with Crippen LogP contribution in [0, 0.1) is 11.8 Å². The molecule has 3 heteroatoms. The molecule has 96 valence electrons. The second kappa shape index (κ2) is 5.11. The molecule has 2 atom stereocenters. The molecule has 0 radical (unpaired) electrons. The molecule has 1 heterocycles. The van der Waals surface area contributed by atoms with Crippen LogP contribution in [0.15, 0.2) is 12.4 Å². The van der Waals surface area contributed by atoms with Crippen LogP contribution in [0.4, 0.5) is 0 Å². The van der Waals surface area contributed by atoms with E-state index < -0.39 is 0 Å². The fourth-order valence-electron chi connectivity index (χ4n) is 2.83. The van der Waals surface area contributed by atoms with Gasteiger partial charge in [0.1, 0.15) is 0 Å². The van der Waals surface area contributed by atoms with Crippen molar-refractivity contribution in [2.45, 2.75) is 59.1 Å². The van der Waals surface area contributed by atoms with Crippen LogP contribution in [0.2, 0.25) is 0 Å². The lowest BCUT2D eigenvalue weighted by molar-refractivity contribution is 0.101. The molecule has 2 rings (SSSR count). The smallest absolute Gasteiger partial charge is 0.157 e. The predicted octanol–water partition coefficient (Wildman–Crippen LogP) is 3.67. The highest BCUT2D eigenvalue weighted by Gasteiger charge is 2.25. The van der Waals surface area contributed by atoms with Crippen molar-refractivity contribution in [2.24, 2.45) is 11.8 Å². The molecule has 1 aromatic rings. The van der Waals surface area contributed by atoms with Crippen molar-refractivity contribution in [3.05, 3.63) is 12.4 Å². The highest BCUT2D eigenvalue weighted by Crippen LogP contribution is 2.31. The first-order valence-electron chi connectivity index (χ1n) is 6.75. The van der Waals surface area contributed by atoms with Gasteiger partial charge < -0.3 is 4.74 Å². The van der Waals surface area contributed by atoms with Gasteiger partial charge in [0.15, 0.2) is 5.75 Å². The topological polar surface area (TPSA) is 27.1 Å². The van der Waals surface area contributed by atoms with Gasteiger partial charge in [0.25, 0.3) is 0 Å². The predicted molar refractivity (Wildman–Crippen MR) is 69.2 cm³/mol. The largest absolute Gasteiger partial charge is 0.487 e. The molecule has 1 saturated carbocycles. The second-order valence-corrected chi connectivity index (χ2v) is 5.91. The standard InChI is InChI=1S/C14H24N2O/c1-10(2)16-9-14(8-15-16)17-13-6-11(3)5-12(4)7-13/h8-13H,5-7H2,1-4H3.